The molecule has 20 heavy (non-hydrogen) atoms. The van der Waals surface area contributed by atoms with Crippen LogP contribution < -0.4 is 10.1 Å². The highest BCUT2D eigenvalue weighted by Crippen LogP contribution is 2.27. The number of phenols is 1. The molecule has 0 saturated heterocycles. The molecule has 0 aliphatic carbocycles. The summed E-state index contributed by atoms with van der Waals surface area (Å²) in [6.45, 7) is 0.699. The Morgan fingerprint density at radius 2 is 2.25 bits per heavy atom. The molecular weight excluding hydrogens is 260 g/mol. The van der Waals surface area contributed by atoms with Gasteiger partial charge in [0.2, 0.25) is 0 Å². The van der Waals surface area contributed by atoms with Crippen LogP contribution in [-0.4, -0.2) is 38.4 Å². The molecule has 0 atom stereocenters. The summed E-state index contributed by atoms with van der Waals surface area (Å²) in [5.74, 6) is -0.208. The van der Waals surface area contributed by atoms with E-state index in [1.54, 1.807) is 6.07 Å². The van der Waals surface area contributed by atoms with Crippen LogP contribution in [0.25, 0.3) is 6.08 Å². The number of carbonyl (C=O) groups is 1. The average Bonchev–Trinajstić information content (AvgIpc) is 2.46. The zero-order valence-corrected chi connectivity index (χ0v) is 11.3. The van der Waals surface area contributed by atoms with Gasteiger partial charge in [-0.15, -0.1) is 0 Å². The van der Waals surface area contributed by atoms with Crippen LogP contribution in [0.15, 0.2) is 23.8 Å². The van der Waals surface area contributed by atoms with Crippen molar-refractivity contribution in [2.24, 2.45) is 0 Å². The molecule has 0 fully saturated rings. The summed E-state index contributed by atoms with van der Waals surface area (Å²) in [5, 5.41) is 21.0. The van der Waals surface area contributed by atoms with Crippen LogP contribution in [-0.2, 0) is 9.53 Å². The molecule has 1 amide bonds. The van der Waals surface area contributed by atoms with E-state index in [9.17, 15) is 9.90 Å². The number of amides is 1. The number of nitriles is 1. The van der Waals surface area contributed by atoms with Gasteiger partial charge in [0, 0.05) is 13.7 Å². The van der Waals surface area contributed by atoms with Crippen molar-refractivity contribution in [3.05, 3.63) is 29.3 Å². The topological polar surface area (TPSA) is 91.6 Å². The fraction of sp³-hybridized carbons (Fsp3) is 0.286. The number of carbonyl (C=O) groups excluding carboxylic acids is 1. The third-order valence-electron chi connectivity index (χ3n) is 2.47. The second-order valence-electron chi connectivity index (χ2n) is 3.85. The van der Waals surface area contributed by atoms with E-state index in [0.717, 1.165) is 0 Å². The number of nitrogens with one attached hydrogen (secondary N) is 1. The van der Waals surface area contributed by atoms with Crippen LogP contribution >= 0.6 is 0 Å². The molecule has 106 valence electrons. The predicted molar refractivity (Wildman–Crippen MR) is 73.1 cm³/mol. The van der Waals surface area contributed by atoms with Crippen molar-refractivity contribution >= 4 is 12.0 Å². The highest BCUT2D eigenvalue weighted by atomic mass is 16.5. The molecule has 0 aliphatic rings. The van der Waals surface area contributed by atoms with E-state index in [4.69, 9.17) is 14.7 Å². The molecule has 6 heteroatoms. The molecule has 0 heterocycles. The van der Waals surface area contributed by atoms with Crippen molar-refractivity contribution < 1.29 is 19.4 Å². The second kappa shape index (κ2) is 7.81. The van der Waals surface area contributed by atoms with Crippen molar-refractivity contribution in [3.8, 4) is 17.6 Å². The van der Waals surface area contributed by atoms with E-state index in [1.165, 1.54) is 32.4 Å². The smallest absolute Gasteiger partial charge is 0.262 e. The van der Waals surface area contributed by atoms with Crippen LogP contribution in [0.5, 0.6) is 11.5 Å². The summed E-state index contributed by atoms with van der Waals surface area (Å²) >= 11 is 0. The number of ether oxygens (including phenoxy) is 2. The number of aromatic hydroxyl groups is 1. The maximum absolute atomic E-state index is 11.7. The monoisotopic (exact) mass is 276 g/mol. The summed E-state index contributed by atoms with van der Waals surface area (Å²) in [6, 6.07) is 6.39. The highest BCUT2D eigenvalue weighted by Gasteiger charge is 2.09. The fourth-order valence-electron chi connectivity index (χ4n) is 1.46. The van der Waals surface area contributed by atoms with E-state index < -0.39 is 5.91 Å². The molecule has 1 aromatic rings. The van der Waals surface area contributed by atoms with Crippen LogP contribution in [0.3, 0.4) is 0 Å². The van der Waals surface area contributed by atoms with E-state index in [0.29, 0.717) is 18.7 Å². The van der Waals surface area contributed by atoms with Crippen molar-refractivity contribution in [3.63, 3.8) is 0 Å². The van der Waals surface area contributed by atoms with Gasteiger partial charge in [0.15, 0.2) is 11.5 Å². The Balaban J connectivity index is 2.89. The number of hydrogen-bond donors (Lipinski definition) is 2. The first kappa shape index (κ1) is 15.5. The molecule has 1 rings (SSSR count). The van der Waals surface area contributed by atoms with Gasteiger partial charge in [-0.2, -0.15) is 5.26 Å². The van der Waals surface area contributed by atoms with Gasteiger partial charge < -0.3 is 19.9 Å². The largest absolute Gasteiger partial charge is 0.504 e. The standard InChI is InChI=1S/C14H16N2O4/c1-19-6-5-16-14(18)11(9-15)7-10-3-4-12(17)13(8-10)20-2/h3-4,7-8,17H,5-6H2,1-2H3,(H,16,18). The van der Waals surface area contributed by atoms with E-state index in [-0.39, 0.29) is 17.1 Å². The molecule has 1 aromatic carbocycles. The molecule has 6 nitrogen and oxygen atoms in total. The normalized spacial score (nSPS) is 10.8. The fourth-order valence-corrected chi connectivity index (χ4v) is 1.46. The van der Waals surface area contributed by atoms with Crippen LogP contribution in [0.1, 0.15) is 5.56 Å². The third kappa shape index (κ3) is 4.30. The van der Waals surface area contributed by atoms with E-state index in [1.807, 2.05) is 6.07 Å². The zero-order valence-electron chi connectivity index (χ0n) is 11.3. The predicted octanol–water partition coefficient (Wildman–Crippen LogP) is 1.07. The minimum absolute atomic E-state index is 0.00676. The minimum atomic E-state index is -0.475. The molecule has 0 aliphatic heterocycles. The average molecular weight is 276 g/mol. The second-order valence-corrected chi connectivity index (χ2v) is 3.85. The Labute approximate surface area is 117 Å². The Morgan fingerprint density at radius 3 is 2.85 bits per heavy atom. The van der Waals surface area contributed by atoms with Gasteiger partial charge in [-0.05, 0) is 23.8 Å². The van der Waals surface area contributed by atoms with E-state index in [2.05, 4.69) is 5.32 Å². The summed E-state index contributed by atoms with van der Waals surface area (Å²) in [7, 11) is 2.95. The lowest BCUT2D eigenvalue weighted by Gasteiger charge is -2.05. The van der Waals surface area contributed by atoms with Gasteiger partial charge in [0.05, 0.1) is 13.7 Å². The SMILES string of the molecule is COCCNC(=O)C(C#N)=Cc1ccc(O)c(OC)c1. The minimum Gasteiger partial charge on any atom is -0.504 e. The number of benzene rings is 1. The Bertz CT molecular complexity index is 547. The number of nitrogens with zero attached hydrogens (tertiary/aromatic N) is 1. The molecular formula is C14H16N2O4. The van der Waals surface area contributed by atoms with Gasteiger partial charge in [-0.25, -0.2) is 0 Å². The number of rotatable bonds is 6. The van der Waals surface area contributed by atoms with Gasteiger partial charge in [-0.1, -0.05) is 6.07 Å². The number of hydrogen-bond acceptors (Lipinski definition) is 5. The zero-order chi connectivity index (χ0) is 15.0. The lowest BCUT2D eigenvalue weighted by atomic mass is 10.1. The van der Waals surface area contributed by atoms with Gasteiger partial charge >= 0.3 is 0 Å². The first-order chi connectivity index (χ1) is 9.62. The highest BCUT2D eigenvalue weighted by molar-refractivity contribution is 6.01. The summed E-state index contributed by atoms with van der Waals surface area (Å²) in [4.78, 5) is 11.7. The molecule has 2 N–H and O–H groups in total. The lowest BCUT2D eigenvalue weighted by molar-refractivity contribution is -0.117. The maximum Gasteiger partial charge on any atom is 0.262 e. The molecule has 0 unspecified atom stereocenters. The lowest BCUT2D eigenvalue weighted by Crippen LogP contribution is -2.27. The Hall–Kier alpha value is -2.52. The Morgan fingerprint density at radius 1 is 1.50 bits per heavy atom. The maximum atomic E-state index is 11.7. The molecule has 0 aromatic heterocycles. The molecule has 0 saturated carbocycles. The van der Waals surface area contributed by atoms with E-state index >= 15 is 0 Å². The number of phenolic OH excluding ortho intramolecular Hbond substituents is 1. The van der Waals surface area contributed by atoms with Crippen molar-refractivity contribution in [2.75, 3.05) is 27.4 Å². The molecule has 0 spiro atoms. The summed E-state index contributed by atoms with van der Waals surface area (Å²) in [6.07, 6.45) is 1.42. The van der Waals surface area contributed by atoms with Crippen LogP contribution in [0, 0.1) is 11.3 Å². The van der Waals surface area contributed by atoms with Crippen molar-refractivity contribution in [2.45, 2.75) is 0 Å². The molecule has 0 bridgehead atoms. The Kier molecular flexibility index (Phi) is 6.07. The summed E-state index contributed by atoms with van der Waals surface area (Å²) in [5.41, 5.74) is 0.548. The molecule has 0 radical (unpaired) electrons. The summed E-state index contributed by atoms with van der Waals surface area (Å²) < 4.78 is 9.77. The van der Waals surface area contributed by atoms with Crippen LogP contribution in [0.4, 0.5) is 0 Å². The van der Waals surface area contributed by atoms with Crippen LogP contribution in [0.2, 0.25) is 0 Å². The van der Waals surface area contributed by atoms with Gasteiger partial charge in [0.1, 0.15) is 11.6 Å². The quantitative estimate of drug-likeness (QED) is 0.460. The first-order valence-electron chi connectivity index (χ1n) is 5.88. The van der Waals surface area contributed by atoms with Crippen molar-refractivity contribution in [1.82, 2.24) is 5.32 Å². The van der Waals surface area contributed by atoms with Gasteiger partial charge in [0.25, 0.3) is 5.91 Å². The number of methoxy groups -OCH3 is 2. The van der Waals surface area contributed by atoms with Crippen molar-refractivity contribution in [1.29, 1.82) is 5.26 Å². The van der Waals surface area contributed by atoms with Gasteiger partial charge in [-0.3, -0.25) is 4.79 Å². The third-order valence-corrected chi connectivity index (χ3v) is 2.47. The first-order valence-corrected chi connectivity index (χ1v) is 5.88.